The minimum absolute atomic E-state index is 0.114. The summed E-state index contributed by atoms with van der Waals surface area (Å²) in [5.74, 6) is 1.12. The van der Waals surface area contributed by atoms with Gasteiger partial charge in [-0.05, 0) is 54.7 Å². The number of nitrogens with one attached hydrogen (secondary N) is 2. The van der Waals surface area contributed by atoms with Crippen LogP contribution in [0.3, 0.4) is 0 Å². The first-order chi connectivity index (χ1) is 18.9. The van der Waals surface area contributed by atoms with Crippen molar-refractivity contribution in [3.8, 4) is 17.3 Å². The van der Waals surface area contributed by atoms with Crippen molar-refractivity contribution in [2.24, 2.45) is 0 Å². The standard InChI is InChI=1S/C29H38ClN7O2Si/c1-28(2,3)40(5,6)39-18-29(4)17-33-26-20(15-31)12-19(13-22(26)29)23-9-10-32-27(34-23)35-25-14-24(30)36-37(25)16-21-8-7-11-38-21/h9-10,12-14,21,33H,7-8,11,16-18H2,1-6H3,(H,32,34,35)/t21-,29+/m0/s1. The van der Waals surface area contributed by atoms with Gasteiger partial charge in [-0.25, -0.2) is 14.6 Å². The van der Waals surface area contributed by atoms with Crippen LogP contribution in [0.2, 0.25) is 23.3 Å². The van der Waals surface area contributed by atoms with E-state index in [9.17, 15) is 5.26 Å². The predicted octanol–water partition coefficient (Wildman–Crippen LogP) is 6.49. The van der Waals surface area contributed by atoms with E-state index < -0.39 is 8.32 Å². The zero-order valence-corrected chi connectivity index (χ0v) is 25.9. The first-order valence-corrected chi connectivity index (χ1v) is 17.1. The van der Waals surface area contributed by atoms with Crippen molar-refractivity contribution < 1.29 is 9.16 Å². The lowest BCUT2D eigenvalue weighted by Crippen LogP contribution is -2.45. The highest BCUT2D eigenvalue weighted by Crippen LogP contribution is 2.44. The Kier molecular flexibility index (Phi) is 7.70. The van der Waals surface area contributed by atoms with Gasteiger partial charge in [-0.1, -0.05) is 39.3 Å². The largest absolute Gasteiger partial charge is 0.416 e. The number of nitrogens with zero attached hydrogens (tertiary/aromatic N) is 5. The molecule has 0 bridgehead atoms. The summed E-state index contributed by atoms with van der Waals surface area (Å²) in [5, 5.41) is 21.7. The van der Waals surface area contributed by atoms with Crippen LogP contribution in [-0.4, -0.2) is 53.9 Å². The number of halogens is 1. The lowest BCUT2D eigenvalue weighted by Gasteiger charge is -2.39. The molecular weight excluding hydrogens is 542 g/mol. The molecule has 0 aliphatic carbocycles. The summed E-state index contributed by atoms with van der Waals surface area (Å²) in [6.45, 7) is 16.2. The quantitative estimate of drug-likeness (QED) is 0.291. The fourth-order valence-corrected chi connectivity index (χ4v) is 6.22. The number of hydrogen-bond acceptors (Lipinski definition) is 8. The summed E-state index contributed by atoms with van der Waals surface area (Å²) in [6.07, 6.45) is 3.88. The molecule has 212 valence electrons. The molecule has 2 aliphatic heterocycles. The molecule has 0 unspecified atom stereocenters. The van der Waals surface area contributed by atoms with Crippen LogP contribution in [0.25, 0.3) is 11.3 Å². The average molecular weight is 580 g/mol. The molecule has 1 fully saturated rings. The molecular formula is C29H38ClN7O2Si. The lowest BCUT2D eigenvalue weighted by atomic mass is 9.83. The van der Waals surface area contributed by atoms with E-state index in [0.717, 1.165) is 36.3 Å². The molecule has 1 saturated heterocycles. The van der Waals surface area contributed by atoms with Gasteiger partial charge in [-0.15, -0.1) is 0 Å². The Morgan fingerprint density at radius 3 is 2.83 bits per heavy atom. The Morgan fingerprint density at radius 1 is 1.32 bits per heavy atom. The minimum atomic E-state index is -1.95. The zero-order valence-electron chi connectivity index (χ0n) is 24.1. The number of anilines is 3. The highest BCUT2D eigenvalue weighted by atomic mass is 35.5. The van der Waals surface area contributed by atoms with E-state index in [1.165, 1.54) is 0 Å². The van der Waals surface area contributed by atoms with Crippen LogP contribution in [0, 0.1) is 11.3 Å². The maximum atomic E-state index is 10.0. The Bertz CT molecular complexity index is 1440. The van der Waals surface area contributed by atoms with Gasteiger partial charge in [0.05, 0.1) is 29.6 Å². The van der Waals surface area contributed by atoms with Gasteiger partial charge in [0.15, 0.2) is 13.5 Å². The topological polar surface area (TPSA) is 110 Å². The summed E-state index contributed by atoms with van der Waals surface area (Å²) in [7, 11) is -1.95. The van der Waals surface area contributed by atoms with Crippen LogP contribution in [0.5, 0.6) is 0 Å². The molecule has 2 N–H and O–H groups in total. The number of hydrogen-bond donors (Lipinski definition) is 2. The highest BCUT2D eigenvalue weighted by molar-refractivity contribution is 6.74. The SMILES string of the molecule is CC(C)(C)[Si](C)(C)OC[C@@]1(C)CNc2c(C#N)cc(-c3ccnc(Nc4cc(Cl)nn4C[C@@H]4CCCO4)n3)cc21. The third-order valence-electron chi connectivity index (χ3n) is 8.46. The van der Waals surface area contributed by atoms with Gasteiger partial charge in [0.2, 0.25) is 5.95 Å². The van der Waals surface area contributed by atoms with Crippen LogP contribution < -0.4 is 10.6 Å². The summed E-state index contributed by atoms with van der Waals surface area (Å²) in [5.41, 5.74) is 3.86. The molecule has 0 saturated carbocycles. The first-order valence-electron chi connectivity index (χ1n) is 13.8. The van der Waals surface area contributed by atoms with E-state index in [1.807, 2.05) is 12.1 Å². The van der Waals surface area contributed by atoms with Crippen molar-refractivity contribution in [1.29, 1.82) is 5.26 Å². The molecule has 0 amide bonds. The van der Waals surface area contributed by atoms with Crippen LogP contribution in [0.1, 0.15) is 51.7 Å². The average Bonchev–Trinajstić information content (AvgIpc) is 3.62. The maximum Gasteiger partial charge on any atom is 0.228 e. The molecule has 2 aliphatic rings. The van der Waals surface area contributed by atoms with Crippen LogP contribution in [-0.2, 0) is 21.1 Å². The van der Waals surface area contributed by atoms with Crippen LogP contribution in [0.15, 0.2) is 30.5 Å². The van der Waals surface area contributed by atoms with Crippen LogP contribution >= 0.6 is 11.6 Å². The van der Waals surface area contributed by atoms with Crippen molar-refractivity contribution in [3.05, 3.63) is 46.7 Å². The van der Waals surface area contributed by atoms with E-state index in [1.54, 1.807) is 16.9 Å². The van der Waals surface area contributed by atoms with Gasteiger partial charge in [0.25, 0.3) is 0 Å². The highest BCUT2D eigenvalue weighted by Gasteiger charge is 2.42. The summed E-state index contributed by atoms with van der Waals surface area (Å²) >= 11 is 6.24. The molecule has 1 aromatic carbocycles. The number of rotatable bonds is 8. The third-order valence-corrected chi connectivity index (χ3v) is 13.1. The van der Waals surface area contributed by atoms with Crippen molar-refractivity contribution in [1.82, 2.24) is 19.7 Å². The van der Waals surface area contributed by atoms with Gasteiger partial charge < -0.3 is 19.8 Å². The number of ether oxygens (including phenoxy) is 1. The second-order valence-corrected chi connectivity index (χ2v) is 17.8. The molecule has 2 atom stereocenters. The summed E-state index contributed by atoms with van der Waals surface area (Å²) in [6, 6.07) is 10.0. The Hall–Kier alpha value is -2.97. The van der Waals surface area contributed by atoms with Gasteiger partial charge >= 0.3 is 0 Å². The van der Waals surface area contributed by atoms with Crippen molar-refractivity contribution in [3.63, 3.8) is 0 Å². The molecule has 0 spiro atoms. The van der Waals surface area contributed by atoms with E-state index >= 15 is 0 Å². The summed E-state index contributed by atoms with van der Waals surface area (Å²) in [4.78, 5) is 9.23. The second-order valence-electron chi connectivity index (χ2n) is 12.6. The normalized spacial score (nSPS) is 20.7. The first kappa shape index (κ1) is 28.6. The Labute approximate surface area is 242 Å². The Balaban J connectivity index is 1.42. The Morgan fingerprint density at radius 2 is 2.12 bits per heavy atom. The molecule has 3 aromatic rings. The maximum absolute atomic E-state index is 10.0. The van der Waals surface area contributed by atoms with Crippen molar-refractivity contribution >= 4 is 37.4 Å². The molecule has 4 heterocycles. The number of fused-ring (bicyclic) bond motifs is 1. The molecule has 2 aromatic heterocycles. The predicted molar refractivity (Wildman–Crippen MR) is 161 cm³/mol. The lowest BCUT2D eigenvalue weighted by molar-refractivity contribution is 0.0945. The third kappa shape index (κ3) is 5.74. The zero-order chi connectivity index (χ0) is 28.7. The number of benzene rings is 1. The molecule has 0 radical (unpaired) electrons. The fraction of sp³-hybridized carbons (Fsp3) is 0.517. The monoisotopic (exact) mass is 579 g/mol. The minimum Gasteiger partial charge on any atom is -0.416 e. The van der Waals surface area contributed by atoms with Gasteiger partial charge in [0, 0.05) is 43.0 Å². The molecule has 11 heteroatoms. The number of aromatic nitrogens is 4. The van der Waals surface area contributed by atoms with E-state index in [0.29, 0.717) is 47.9 Å². The molecule has 5 rings (SSSR count). The number of nitriles is 1. The van der Waals surface area contributed by atoms with Crippen LogP contribution in [0.4, 0.5) is 17.5 Å². The van der Waals surface area contributed by atoms with E-state index in [-0.39, 0.29) is 16.6 Å². The molecule has 40 heavy (non-hydrogen) atoms. The van der Waals surface area contributed by atoms with Gasteiger partial charge in [0.1, 0.15) is 11.9 Å². The van der Waals surface area contributed by atoms with E-state index in [4.69, 9.17) is 25.7 Å². The fourth-order valence-electron chi connectivity index (χ4n) is 4.91. The molecule has 9 nitrogen and oxygen atoms in total. The van der Waals surface area contributed by atoms with Gasteiger partial charge in [-0.2, -0.15) is 10.4 Å². The van der Waals surface area contributed by atoms with Crippen molar-refractivity contribution in [2.75, 3.05) is 30.4 Å². The summed E-state index contributed by atoms with van der Waals surface area (Å²) < 4.78 is 14.2. The van der Waals surface area contributed by atoms with Crippen molar-refractivity contribution in [2.45, 2.75) is 76.7 Å². The van der Waals surface area contributed by atoms with Gasteiger partial charge in [-0.3, -0.25) is 0 Å². The smallest absolute Gasteiger partial charge is 0.228 e. The second kappa shape index (κ2) is 10.8. The van der Waals surface area contributed by atoms with E-state index in [2.05, 4.69) is 73.6 Å².